The molecule has 6 nitrogen and oxygen atoms in total. The van der Waals surface area contributed by atoms with Crippen molar-refractivity contribution in [2.24, 2.45) is 5.73 Å². The van der Waals surface area contributed by atoms with Crippen LogP contribution in [0.4, 0.5) is 4.79 Å². The molecule has 1 atom stereocenters. The van der Waals surface area contributed by atoms with Crippen molar-refractivity contribution in [1.82, 2.24) is 5.32 Å². The zero-order valence-corrected chi connectivity index (χ0v) is 12.0. The van der Waals surface area contributed by atoms with E-state index in [0.717, 1.165) is 0 Å². The molecular formula is C12H24N2O4. The number of rotatable bonds is 4. The lowest BCUT2D eigenvalue weighted by Crippen LogP contribution is -2.49. The van der Waals surface area contributed by atoms with Crippen LogP contribution in [0.2, 0.25) is 0 Å². The second-order valence-corrected chi connectivity index (χ2v) is 6.02. The molecule has 0 rings (SSSR count). The van der Waals surface area contributed by atoms with Crippen LogP contribution < -0.4 is 11.1 Å². The van der Waals surface area contributed by atoms with Crippen LogP contribution in [0.3, 0.4) is 0 Å². The van der Waals surface area contributed by atoms with E-state index in [1.54, 1.807) is 20.8 Å². The van der Waals surface area contributed by atoms with Gasteiger partial charge in [-0.15, -0.1) is 0 Å². The van der Waals surface area contributed by atoms with Crippen LogP contribution in [-0.4, -0.2) is 35.9 Å². The molecule has 0 radical (unpaired) electrons. The van der Waals surface area contributed by atoms with E-state index >= 15 is 0 Å². The number of nitrogens with two attached hydrogens (primary N) is 1. The predicted octanol–water partition coefficient (Wildman–Crippen LogP) is 1.18. The predicted molar refractivity (Wildman–Crippen MR) is 68.1 cm³/mol. The average molecular weight is 260 g/mol. The van der Waals surface area contributed by atoms with E-state index in [0.29, 0.717) is 0 Å². The maximum atomic E-state index is 11.5. The smallest absolute Gasteiger partial charge is 0.408 e. The number of carbonyl (C=O) groups excluding carboxylic acids is 2. The summed E-state index contributed by atoms with van der Waals surface area (Å²) in [6.07, 6.45) is -0.691. The molecule has 0 aliphatic rings. The Morgan fingerprint density at radius 2 is 1.61 bits per heavy atom. The average Bonchev–Trinajstić information content (AvgIpc) is 2.06. The maximum Gasteiger partial charge on any atom is 0.408 e. The summed E-state index contributed by atoms with van der Waals surface area (Å²) in [4.78, 5) is 22.7. The largest absolute Gasteiger partial charge is 0.444 e. The minimum atomic E-state index is -0.904. The Hall–Kier alpha value is -1.30. The molecule has 0 saturated carbocycles. The van der Waals surface area contributed by atoms with Gasteiger partial charge in [-0.2, -0.15) is 0 Å². The summed E-state index contributed by atoms with van der Waals surface area (Å²) in [5.74, 6) is -0.662. The number of ether oxygens (including phenoxy) is 2. The van der Waals surface area contributed by atoms with Gasteiger partial charge in [-0.25, -0.2) is 4.79 Å². The highest BCUT2D eigenvalue weighted by Gasteiger charge is 2.24. The third kappa shape index (κ3) is 8.81. The summed E-state index contributed by atoms with van der Waals surface area (Å²) in [7, 11) is 0. The first-order valence-electron chi connectivity index (χ1n) is 5.83. The topological polar surface area (TPSA) is 90.7 Å². The van der Waals surface area contributed by atoms with E-state index in [-0.39, 0.29) is 6.61 Å². The fourth-order valence-corrected chi connectivity index (χ4v) is 0.978. The summed E-state index contributed by atoms with van der Waals surface area (Å²) >= 11 is 0. The van der Waals surface area contributed by atoms with Gasteiger partial charge in [0.05, 0.1) is 12.2 Å². The monoisotopic (exact) mass is 260 g/mol. The van der Waals surface area contributed by atoms with E-state index in [2.05, 4.69) is 5.32 Å². The normalized spacial score (nSPS) is 13.9. The number of primary amides is 1. The molecule has 6 heteroatoms. The fraction of sp³-hybridized carbons (Fsp3) is 0.833. The third-order valence-corrected chi connectivity index (χ3v) is 1.72. The highest BCUT2D eigenvalue weighted by atomic mass is 16.6. The molecule has 0 saturated heterocycles. The van der Waals surface area contributed by atoms with Crippen LogP contribution in [-0.2, 0) is 14.3 Å². The molecule has 0 heterocycles. The molecular weight excluding hydrogens is 236 g/mol. The molecule has 0 aliphatic heterocycles. The molecule has 1 unspecified atom stereocenters. The van der Waals surface area contributed by atoms with Crippen molar-refractivity contribution in [2.75, 3.05) is 6.61 Å². The SMILES string of the molecule is CC(C)(C)OCC(NC(=O)OC(C)(C)C)C(N)=O. The summed E-state index contributed by atoms with van der Waals surface area (Å²) in [6.45, 7) is 10.8. The third-order valence-electron chi connectivity index (χ3n) is 1.72. The molecule has 0 bridgehead atoms. The van der Waals surface area contributed by atoms with Crippen LogP contribution >= 0.6 is 0 Å². The van der Waals surface area contributed by atoms with Gasteiger partial charge in [-0.1, -0.05) is 0 Å². The first-order chi connectivity index (χ1) is 7.91. The summed E-state index contributed by atoms with van der Waals surface area (Å²) in [5.41, 5.74) is 4.15. The van der Waals surface area contributed by atoms with Crippen LogP contribution in [0, 0.1) is 0 Å². The minimum absolute atomic E-state index is 0.0120. The number of alkyl carbamates (subject to hydrolysis) is 1. The van der Waals surface area contributed by atoms with Crippen molar-refractivity contribution < 1.29 is 19.1 Å². The highest BCUT2D eigenvalue weighted by Crippen LogP contribution is 2.09. The van der Waals surface area contributed by atoms with Gasteiger partial charge in [0.2, 0.25) is 5.91 Å². The van der Waals surface area contributed by atoms with E-state index in [1.165, 1.54) is 0 Å². The van der Waals surface area contributed by atoms with Crippen LogP contribution in [0.15, 0.2) is 0 Å². The molecule has 0 aromatic carbocycles. The molecule has 0 fully saturated rings. The second-order valence-electron chi connectivity index (χ2n) is 6.02. The van der Waals surface area contributed by atoms with Crippen molar-refractivity contribution in [3.8, 4) is 0 Å². The molecule has 0 aromatic rings. The molecule has 106 valence electrons. The van der Waals surface area contributed by atoms with E-state index in [1.807, 2.05) is 20.8 Å². The molecule has 2 amide bonds. The molecule has 3 N–H and O–H groups in total. The van der Waals surface area contributed by atoms with Crippen molar-refractivity contribution in [3.63, 3.8) is 0 Å². The van der Waals surface area contributed by atoms with E-state index in [9.17, 15) is 9.59 Å². The minimum Gasteiger partial charge on any atom is -0.444 e. The molecule has 0 aliphatic carbocycles. The Morgan fingerprint density at radius 1 is 1.11 bits per heavy atom. The van der Waals surface area contributed by atoms with Gasteiger partial charge >= 0.3 is 6.09 Å². The lowest BCUT2D eigenvalue weighted by Gasteiger charge is -2.25. The van der Waals surface area contributed by atoms with Crippen LogP contribution in [0.1, 0.15) is 41.5 Å². The Balaban J connectivity index is 4.37. The van der Waals surface area contributed by atoms with Gasteiger partial charge in [0.15, 0.2) is 0 Å². The second kappa shape index (κ2) is 6.04. The molecule has 0 aromatic heterocycles. The quantitative estimate of drug-likeness (QED) is 0.794. The lowest BCUT2D eigenvalue weighted by molar-refractivity contribution is -0.123. The Bertz CT molecular complexity index is 302. The highest BCUT2D eigenvalue weighted by molar-refractivity contribution is 5.84. The van der Waals surface area contributed by atoms with Gasteiger partial charge < -0.3 is 20.5 Å². The van der Waals surface area contributed by atoms with Crippen molar-refractivity contribution in [3.05, 3.63) is 0 Å². The molecule has 0 spiro atoms. The van der Waals surface area contributed by atoms with Crippen LogP contribution in [0.5, 0.6) is 0 Å². The number of amides is 2. The standard InChI is InChI=1S/C12H24N2O4/c1-11(2,3)17-7-8(9(13)15)14-10(16)18-12(4,5)6/h8H,7H2,1-6H3,(H2,13,15)(H,14,16). The first-order valence-corrected chi connectivity index (χ1v) is 5.83. The lowest BCUT2D eigenvalue weighted by atomic mass is 10.2. The number of nitrogens with one attached hydrogen (secondary N) is 1. The Labute approximate surface area is 108 Å². The summed E-state index contributed by atoms with van der Waals surface area (Å²) < 4.78 is 10.4. The Morgan fingerprint density at radius 3 is 1.94 bits per heavy atom. The zero-order chi connectivity index (χ0) is 14.6. The number of hydrogen-bond acceptors (Lipinski definition) is 4. The van der Waals surface area contributed by atoms with Gasteiger partial charge in [0.25, 0.3) is 0 Å². The van der Waals surface area contributed by atoms with Crippen molar-refractivity contribution in [2.45, 2.75) is 58.8 Å². The van der Waals surface area contributed by atoms with Crippen LogP contribution in [0.25, 0.3) is 0 Å². The van der Waals surface area contributed by atoms with Gasteiger partial charge in [-0.05, 0) is 41.5 Å². The van der Waals surface area contributed by atoms with Gasteiger partial charge in [-0.3, -0.25) is 4.79 Å². The fourth-order valence-electron chi connectivity index (χ4n) is 0.978. The maximum absolute atomic E-state index is 11.5. The molecule has 18 heavy (non-hydrogen) atoms. The summed E-state index contributed by atoms with van der Waals surface area (Å²) in [5, 5.41) is 2.38. The van der Waals surface area contributed by atoms with E-state index < -0.39 is 29.2 Å². The van der Waals surface area contributed by atoms with Gasteiger partial charge in [0, 0.05) is 0 Å². The first kappa shape index (κ1) is 16.7. The number of carbonyl (C=O) groups is 2. The van der Waals surface area contributed by atoms with E-state index in [4.69, 9.17) is 15.2 Å². The van der Waals surface area contributed by atoms with Gasteiger partial charge in [0.1, 0.15) is 11.6 Å². The van der Waals surface area contributed by atoms with Crippen molar-refractivity contribution in [1.29, 1.82) is 0 Å². The zero-order valence-electron chi connectivity index (χ0n) is 12.0. The summed E-state index contributed by atoms with van der Waals surface area (Å²) in [6, 6.07) is -0.904. The van der Waals surface area contributed by atoms with Crippen molar-refractivity contribution >= 4 is 12.0 Å². The number of hydrogen-bond donors (Lipinski definition) is 2. The Kier molecular flexibility index (Phi) is 5.60.